The standard InChI is InChI=1S/C10H17N3O/c1-4-8(2)7-13-10(14)5-9(11-3)6-12-13/h5-6,8,11H,4,7H2,1-3H3. The van der Waals surface area contributed by atoms with Crippen molar-refractivity contribution < 1.29 is 0 Å². The molecule has 1 aromatic rings. The third kappa shape index (κ3) is 2.58. The second-order valence-electron chi connectivity index (χ2n) is 3.53. The average molecular weight is 195 g/mol. The lowest BCUT2D eigenvalue weighted by atomic mass is 10.1. The number of aromatic nitrogens is 2. The van der Waals surface area contributed by atoms with Gasteiger partial charge in [-0.05, 0) is 5.92 Å². The van der Waals surface area contributed by atoms with Gasteiger partial charge in [0.2, 0.25) is 0 Å². The minimum Gasteiger partial charge on any atom is -0.387 e. The monoisotopic (exact) mass is 195 g/mol. The van der Waals surface area contributed by atoms with Gasteiger partial charge in [0.1, 0.15) is 0 Å². The minimum atomic E-state index is -0.0443. The van der Waals surface area contributed by atoms with E-state index in [1.165, 1.54) is 4.68 Å². The summed E-state index contributed by atoms with van der Waals surface area (Å²) in [5.74, 6) is 0.487. The lowest BCUT2D eigenvalue weighted by Crippen LogP contribution is -2.25. The summed E-state index contributed by atoms with van der Waals surface area (Å²) >= 11 is 0. The van der Waals surface area contributed by atoms with Crippen LogP contribution in [0.25, 0.3) is 0 Å². The van der Waals surface area contributed by atoms with Gasteiger partial charge < -0.3 is 5.32 Å². The van der Waals surface area contributed by atoms with Crippen molar-refractivity contribution in [2.75, 3.05) is 12.4 Å². The van der Waals surface area contributed by atoms with Gasteiger partial charge in [-0.3, -0.25) is 4.79 Å². The molecule has 1 heterocycles. The molecular weight excluding hydrogens is 178 g/mol. The molecule has 1 unspecified atom stereocenters. The highest BCUT2D eigenvalue weighted by atomic mass is 16.1. The molecule has 0 aliphatic carbocycles. The molecule has 4 heteroatoms. The molecular formula is C10H17N3O. The zero-order valence-electron chi connectivity index (χ0n) is 8.95. The molecule has 0 aromatic carbocycles. The predicted molar refractivity (Wildman–Crippen MR) is 57.5 cm³/mol. The van der Waals surface area contributed by atoms with Crippen LogP contribution in [0.15, 0.2) is 17.1 Å². The van der Waals surface area contributed by atoms with Crippen LogP contribution in [0.4, 0.5) is 5.69 Å². The number of nitrogens with zero attached hydrogens (tertiary/aromatic N) is 2. The van der Waals surface area contributed by atoms with Crippen molar-refractivity contribution in [3.8, 4) is 0 Å². The van der Waals surface area contributed by atoms with Gasteiger partial charge in [-0.25, -0.2) is 4.68 Å². The van der Waals surface area contributed by atoms with Crippen LogP contribution in [0.1, 0.15) is 20.3 Å². The Bertz CT molecular complexity index is 345. The summed E-state index contributed by atoms with van der Waals surface area (Å²) in [6.07, 6.45) is 2.73. The quantitative estimate of drug-likeness (QED) is 0.788. The van der Waals surface area contributed by atoms with E-state index in [0.717, 1.165) is 12.1 Å². The van der Waals surface area contributed by atoms with Crippen molar-refractivity contribution >= 4 is 5.69 Å². The number of hydrogen-bond donors (Lipinski definition) is 1. The van der Waals surface area contributed by atoms with Crippen molar-refractivity contribution in [3.05, 3.63) is 22.6 Å². The molecule has 1 rings (SSSR count). The van der Waals surface area contributed by atoms with Crippen LogP contribution in [0, 0.1) is 5.92 Å². The summed E-state index contributed by atoms with van der Waals surface area (Å²) in [5.41, 5.74) is 0.715. The summed E-state index contributed by atoms with van der Waals surface area (Å²) < 4.78 is 1.51. The van der Waals surface area contributed by atoms with Gasteiger partial charge in [0.25, 0.3) is 5.56 Å². The van der Waals surface area contributed by atoms with E-state index in [-0.39, 0.29) is 5.56 Å². The maximum Gasteiger partial charge on any atom is 0.268 e. The molecule has 1 atom stereocenters. The Morgan fingerprint density at radius 1 is 1.64 bits per heavy atom. The first-order valence-electron chi connectivity index (χ1n) is 4.92. The zero-order valence-corrected chi connectivity index (χ0v) is 8.95. The molecule has 78 valence electrons. The Morgan fingerprint density at radius 2 is 2.36 bits per heavy atom. The van der Waals surface area contributed by atoms with E-state index in [0.29, 0.717) is 12.5 Å². The van der Waals surface area contributed by atoms with Crippen molar-refractivity contribution in [3.63, 3.8) is 0 Å². The van der Waals surface area contributed by atoms with Gasteiger partial charge in [0.15, 0.2) is 0 Å². The van der Waals surface area contributed by atoms with E-state index in [4.69, 9.17) is 0 Å². The Kier molecular flexibility index (Phi) is 3.68. The molecule has 0 bridgehead atoms. The van der Waals surface area contributed by atoms with Crippen molar-refractivity contribution in [1.29, 1.82) is 0 Å². The lowest BCUT2D eigenvalue weighted by molar-refractivity contribution is 0.424. The smallest absolute Gasteiger partial charge is 0.268 e. The van der Waals surface area contributed by atoms with Crippen LogP contribution in [0.5, 0.6) is 0 Å². The van der Waals surface area contributed by atoms with Crippen LogP contribution >= 0.6 is 0 Å². The Labute approximate surface area is 84.0 Å². The Hall–Kier alpha value is -1.32. The maximum atomic E-state index is 11.5. The molecule has 0 aliphatic heterocycles. The van der Waals surface area contributed by atoms with Crippen LogP contribution in [-0.4, -0.2) is 16.8 Å². The molecule has 0 spiro atoms. The van der Waals surface area contributed by atoms with Gasteiger partial charge in [-0.2, -0.15) is 5.10 Å². The van der Waals surface area contributed by atoms with E-state index in [9.17, 15) is 4.79 Å². The largest absolute Gasteiger partial charge is 0.387 e. The molecule has 0 radical (unpaired) electrons. The molecule has 0 saturated heterocycles. The number of anilines is 1. The third-order valence-electron chi connectivity index (χ3n) is 2.34. The normalized spacial score (nSPS) is 12.5. The second kappa shape index (κ2) is 4.79. The van der Waals surface area contributed by atoms with Gasteiger partial charge >= 0.3 is 0 Å². The Balaban J connectivity index is 2.84. The summed E-state index contributed by atoms with van der Waals surface area (Å²) in [4.78, 5) is 11.5. The summed E-state index contributed by atoms with van der Waals surface area (Å²) in [5, 5.41) is 6.97. The molecule has 0 fully saturated rings. The molecule has 14 heavy (non-hydrogen) atoms. The fourth-order valence-electron chi connectivity index (χ4n) is 1.13. The van der Waals surface area contributed by atoms with Gasteiger partial charge in [0, 0.05) is 19.7 Å². The first kappa shape index (κ1) is 10.8. The van der Waals surface area contributed by atoms with Crippen LogP contribution in [0.2, 0.25) is 0 Å². The minimum absolute atomic E-state index is 0.0443. The average Bonchev–Trinajstić information content (AvgIpc) is 2.20. The van der Waals surface area contributed by atoms with E-state index < -0.39 is 0 Å². The van der Waals surface area contributed by atoms with Crippen LogP contribution in [-0.2, 0) is 6.54 Å². The lowest BCUT2D eigenvalue weighted by Gasteiger charge is -2.09. The van der Waals surface area contributed by atoms with Crippen LogP contribution < -0.4 is 10.9 Å². The van der Waals surface area contributed by atoms with Crippen molar-refractivity contribution in [1.82, 2.24) is 9.78 Å². The van der Waals surface area contributed by atoms with Gasteiger partial charge in [-0.15, -0.1) is 0 Å². The van der Waals surface area contributed by atoms with E-state index in [1.807, 2.05) is 0 Å². The molecule has 0 saturated carbocycles. The molecule has 0 aliphatic rings. The number of rotatable bonds is 4. The van der Waals surface area contributed by atoms with Crippen molar-refractivity contribution in [2.45, 2.75) is 26.8 Å². The maximum absolute atomic E-state index is 11.5. The highest BCUT2D eigenvalue weighted by Crippen LogP contribution is 2.03. The fraction of sp³-hybridized carbons (Fsp3) is 0.600. The van der Waals surface area contributed by atoms with Gasteiger partial charge in [0.05, 0.1) is 11.9 Å². The SMILES string of the molecule is CCC(C)Cn1ncc(NC)cc1=O. The highest BCUT2D eigenvalue weighted by Gasteiger charge is 2.03. The van der Waals surface area contributed by atoms with E-state index in [2.05, 4.69) is 24.3 Å². The first-order valence-corrected chi connectivity index (χ1v) is 4.92. The molecule has 1 N–H and O–H groups in total. The summed E-state index contributed by atoms with van der Waals surface area (Å²) in [7, 11) is 1.77. The van der Waals surface area contributed by atoms with Crippen LogP contribution in [0.3, 0.4) is 0 Å². The molecule has 1 aromatic heterocycles. The third-order valence-corrected chi connectivity index (χ3v) is 2.34. The summed E-state index contributed by atoms with van der Waals surface area (Å²) in [6.45, 7) is 4.91. The zero-order chi connectivity index (χ0) is 10.6. The topological polar surface area (TPSA) is 46.9 Å². The van der Waals surface area contributed by atoms with Crippen molar-refractivity contribution in [2.24, 2.45) is 5.92 Å². The van der Waals surface area contributed by atoms with E-state index in [1.54, 1.807) is 19.3 Å². The second-order valence-corrected chi connectivity index (χ2v) is 3.53. The fourth-order valence-corrected chi connectivity index (χ4v) is 1.13. The Morgan fingerprint density at radius 3 is 2.86 bits per heavy atom. The van der Waals surface area contributed by atoms with E-state index >= 15 is 0 Å². The molecule has 4 nitrogen and oxygen atoms in total. The molecule has 0 amide bonds. The van der Waals surface area contributed by atoms with Gasteiger partial charge in [-0.1, -0.05) is 20.3 Å². The first-order chi connectivity index (χ1) is 6.67. The number of nitrogens with one attached hydrogen (secondary N) is 1. The summed E-state index contributed by atoms with van der Waals surface area (Å²) in [6, 6.07) is 1.56. The number of hydrogen-bond acceptors (Lipinski definition) is 3. The predicted octanol–water partition coefficient (Wildman–Crippen LogP) is 1.33. The highest BCUT2D eigenvalue weighted by molar-refractivity contribution is 5.37.